The number of H-pyrrole nitrogens is 1. The number of benzene rings is 2. The number of carboxylic acids is 1. The molecule has 0 saturated heterocycles. The molecule has 0 spiro atoms. The molecular formula is C20H22N2O2. The summed E-state index contributed by atoms with van der Waals surface area (Å²) in [4.78, 5) is 14.1. The summed E-state index contributed by atoms with van der Waals surface area (Å²) >= 11 is 0. The molecule has 3 N–H and O–H groups in total. The molecule has 0 aliphatic heterocycles. The van der Waals surface area contributed by atoms with Crippen molar-refractivity contribution in [1.29, 1.82) is 0 Å². The second-order valence-electron chi connectivity index (χ2n) is 6.09. The quantitative estimate of drug-likeness (QED) is 0.584. The Balaban J connectivity index is 1.53. The molecule has 4 nitrogen and oxygen atoms in total. The SMILES string of the molecule is Cc1[nH]c2ccccc2c1CCNCc1ccc(CC(=O)O)cc1. The lowest BCUT2D eigenvalue weighted by atomic mass is 10.1. The van der Waals surface area contributed by atoms with Crippen LogP contribution in [0.4, 0.5) is 0 Å². The highest BCUT2D eigenvalue weighted by molar-refractivity contribution is 5.84. The second-order valence-corrected chi connectivity index (χ2v) is 6.09. The average molecular weight is 322 g/mol. The minimum atomic E-state index is -0.796. The van der Waals surface area contributed by atoms with Crippen LogP contribution in [0.5, 0.6) is 0 Å². The lowest BCUT2D eigenvalue weighted by Crippen LogP contribution is -2.17. The van der Waals surface area contributed by atoms with Crippen LogP contribution in [0.3, 0.4) is 0 Å². The van der Waals surface area contributed by atoms with Gasteiger partial charge in [-0.05, 0) is 42.6 Å². The van der Waals surface area contributed by atoms with Gasteiger partial charge in [0.15, 0.2) is 0 Å². The van der Waals surface area contributed by atoms with Crippen LogP contribution in [0.1, 0.15) is 22.4 Å². The van der Waals surface area contributed by atoms with Crippen molar-refractivity contribution in [2.45, 2.75) is 26.3 Å². The number of carboxylic acid groups (broad SMARTS) is 1. The number of aromatic nitrogens is 1. The Morgan fingerprint density at radius 2 is 1.79 bits per heavy atom. The molecule has 0 fully saturated rings. The van der Waals surface area contributed by atoms with Gasteiger partial charge in [0.25, 0.3) is 0 Å². The number of aromatic amines is 1. The molecule has 0 unspecified atom stereocenters. The monoisotopic (exact) mass is 322 g/mol. The Bertz CT molecular complexity index is 834. The predicted molar refractivity (Wildman–Crippen MR) is 96.2 cm³/mol. The van der Waals surface area contributed by atoms with Crippen molar-refractivity contribution in [3.05, 3.63) is 70.9 Å². The van der Waals surface area contributed by atoms with Crippen LogP contribution in [0.15, 0.2) is 48.5 Å². The molecule has 24 heavy (non-hydrogen) atoms. The van der Waals surface area contributed by atoms with Crippen LogP contribution in [0.25, 0.3) is 10.9 Å². The average Bonchev–Trinajstić information content (AvgIpc) is 2.88. The Hall–Kier alpha value is -2.59. The van der Waals surface area contributed by atoms with Gasteiger partial charge < -0.3 is 15.4 Å². The van der Waals surface area contributed by atoms with Crippen molar-refractivity contribution in [3.8, 4) is 0 Å². The highest BCUT2D eigenvalue weighted by atomic mass is 16.4. The van der Waals surface area contributed by atoms with Crippen LogP contribution >= 0.6 is 0 Å². The van der Waals surface area contributed by atoms with Gasteiger partial charge in [0.2, 0.25) is 0 Å². The molecule has 0 atom stereocenters. The molecular weight excluding hydrogens is 300 g/mol. The fourth-order valence-corrected chi connectivity index (χ4v) is 3.05. The zero-order valence-electron chi connectivity index (χ0n) is 13.8. The molecule has 0 saturated carbocycles. The zero-order chi connectivity index (χ0) is 16.9. The maximum absolute atomic E-state index is 10.7. The fourth-order valence-electron chi connectivity index (χ4n) is 3.05. The topological polar surface area (TPSA) is 65.1 Å². The van der Waals surface area contributed by atoms with E-state index >= 15 is 0 Å². The Kier molecular flexibility index (Phi) is 4.96. The van der Waals surface area contributed by atoms with E-state index in [1.165, 1.54) is 27.7 Å². The predicted octanol–water partition coefficient (Wildman–Crippen LogP) is 3.44. The molecule has 0 amide bonds. The van der Waals surface area contributed by atoms with E-state index in [0.717, 1.165) is 25.1 Å². The van der Waals surface area contributed by atoms with E-state index in [9.17, 15) is 4.79 Å². The Morgan fingerprint density at radius 1 is 1.08 bits per heavy atom. The third-order valence-electron chi connectivity index (χ3n) is 4.29. The highest BCUT2D eigenvalue weighted by Gasteiger charge is 2.07. The van der Waals surface area contributed by atoms with Gasteiger partial charge in [-0.1, -0.05) is 42.5 Å². The van der Waals surface area contributed by atoms with Crippen LogP contribution in [0, 0.1) is 6.92 Å². The van der Waals surface area contributed by atoms with Gasteiger partial charge in [-0.3, -0.25) is 4.79 Å². The number of carbonyl (C=O) groups is 1. The minimum absolute atomic E-state index is 0.0769. The van der Waals surface area contributed by atoms with Crippen LogP contribution in [0.2, 0.25) is 0 Å². The molecule has 0 aliphatic rings. The fraction of sp³-hybridized carbons (Fsp3) is 0.250. The number of nitrogens with one attached hydrogen (secondary N) is 2. The molecule has 0 bridgehead atoms. The third-order valence-corrected chi connectivity index (χ3v) is 4.29. The second kappa shape index (κ2) is 7.32. The molecule has 3 aromatic rings. The molecule has 124 valence electrons. The van der Waals surface area contributed by atoms with Crippen molar-refractivity contribution in [2.24, 2.45) is 0 Å². The summed E-state index contributed by atoms with van der Waals surface area (Å²) in [5, 5.41) is 13.5. The molecule has 2 aromatic carbocycles. The van der Waals surface area contributed by atoms with Crippen molar-refractivity contribution in [3.63, 3.8) is 0 Å². The van der Waals surface area contributed by atoms with Crippen LogP contribution in [-0.2, 0) is 24.2 Å². The largest absolute Gasteiger partial charge is 0.481 e. The summed E-state index contributed by atoms with van der Waals surface area (Å²) in [6.45, 7) is 3.81. The summed E-state index contributed by atoms with van der Waals surface area (Å²) in [5.41, 5.74) is 5.80. The van der Waals surface area contributed by atoms with Gasteiger partial charge in [0, 0.05) is 23.1 Å². The van der Waals surface area contributed by atoms with E-state index in [2.05, 4.69) is 35.4 Å². The van der Waals surface area contributed by atoms with Gasteiger partial charge in [0.1, 0.15) is 0 Å². The first kappa shape index (κ1) is 16.3. The lowest BCUT2D eigenvalue weighted by Gasteiger charge is -2.06. The van der Waals surface area contributed by atoms with Gasteiger partial charge in [-0.25, -0.2) is 0 Å². The summed E-state index contributed by atoms with van der Waals surface area (Å²) in [6.07, 6.45) is 1.06. The van der Waals surface area contributed by atoms with Crippen LogP contribution < -0.4 is 5.32 Å². The maximum Gasteiger partial charge on any atom is 0.307 e. The number of rotatable bonds is 7. The molecule has 1 heterocycles. The lowest BCUT2D eigenvalue weighted by molar-refractivity contribution is -0.136. The molecule has 0 radical (unpaired) electrons. The van der Waals surface area contributed by atoms with E-state index in [-0.39, 0.29) is 6.42 Å². The molecule has 1 aromatic heterocycles. The first-order valence-electron chi connectivity index (χ1n) is 8.20. The van der Waals surface area contributed by atoms with Crippen molar-refractivity contribution in [1.82, 2.24) is 10.3 Å². The number of aryl methyl sites for hydroxylation is 1. The first-order chi connectivity index (χ1) is 11.6. The van der Waals surface area contributed by atoms with E-state index in [4.69, 9.17) is 5.11 Å². The molecule has 0 aliphatic carbocycles. The molecule has 4 heteroatoms. The molecule has 3 rings (SSSR count). The third kappa shape index (κ3) is 3.84. The number of aliphatic carboxylic acids is 1. The summed E-state index contributed by atoms with van der Waals surface area (Å²) < 4.78 is 0. The summed E-state index contributed by atoms with van der Waals surface area (Å²) in [5.74, 6) is -0.796. The number of para-hydroxylation sites is 1. The minimum Gasteiger partial charge on any atom is -0.481 e. The highest BCUT2D eigenvalue weighted by Crippen LogP contribution is 2.21. The van der Waals surface area contributed by atoms with Crippen molar-refractivity contribution in [2.75, 3.05) is 6.54 Å². The maximum atomic E-state index is 10.7. The number of fused-ring (bicyclic) bond motifs is 1. The van der Waals surface area contributed by atoms with Gasteiger partial charge >= 0.3 is 5.97 Å². The van der Waals surface area contributed by atoms with E-state index in [1.54, 1.807) is 0 Å². The number of hydrogen-bond acceptors (Lipinski definition) is 2. The smallest absolute Gasteiger partial charge is 0.307 e. The van der Waals surface area contributed by atoms with Crippen LogP contribution in [-0.4, -0.2) is 22.6 Å². The van der Waals surface area contributed by atoms with Gasteiger partial charge in [0.05, 0.1) is 6.42 Å². The van der Waals surface area contributed by atoms with Gasteiger partial charge in [-0.15, -0.1) is 0 Å². The number of hydrogen-bond donors (Lipinski definition) is 3. The first-order valence-corrected chi connectivity index (χ1v) is 8.20. The van der Waals surface area contributed by atoms with E-state index < -0.39 is 5.97 Å². The van der Waals surface area contributed by atoms with E-state index in [0.29, 0.717) is 0 Å². The zero-order valence-corrected chi connectivity index (χ0v) is 13.8. The van der Waals surface area contributed by atoms with Crippen molar-refractivity contribution >= 4 is 16.9 Å². The summed E-state index contributed by atoms with van der Waals surface area (Å²) in [6, 6.07) is 16.1. The summed E-state index contributed by atoms with van der Waals surface area (Å²) in [7, 11) is 0. The van der Waals surface area contributed by atoms with Gasteiger partial charge in [-0.2, -0.15) is 0 Å². The standard InChI is InChI=1S/C20H22N2O2/c1-14-17(18-4-2-3-5-19(18)22-14)10-11-21-13-16-8-6-15(7-9-16)12-20(23)24/h2-9,21-22H,10-13H2,1H3,(H,23,24). The normalized spacial score (nSPS) is 11.0. The Labute approximate surface area is 141 Å². The van der Waals surface area contributed by atoms with E-state index in [1.807, 2.05) is 30.3 Å². The Morgan fingerprint density at radius 3 is 2.54 bits per heavy atom. The van der Waals surface area contributed by atoms with Crippen molar-refractivity contribution < 1.29 is 9.90 Å².